The molecule has 0 radical (unpaired) electrons. The van der Waals surface area contributed by atoms with Gasteiger partial charge < -0.3 is 50.5 Å². The summed E-state index contributed by atoms with van der Waals surface area (Å²) in [5.41, 5.74) is 0. The predicted octanol–water partition coefficient (Wildman–Crippen LogP) is 13.4. The van der Waals surface area contributed by atoms with Gasteiger partial charge in [-0.2, -0.15) is 0 Å². The van der Waals surface area contributed by atoms with Crippen LogP contribution in [-0.2, 0) is 14.3 Å². The maximum absolute atomic E-state index is 13.2. The standard InChI is InChI=1S/C63H115NO10/c1-3-5-7-9-11-13-15-17-19-21-22-23-24-25-26-27-28-29-30-31-32-33-35-37-39-41-43-45-47-49-51-56(67)62(72)64-54(53-73-63-61(71)60(70)59(69)57(52-65)74-63)58(68)55(66)50-48-46-44-42-40-38-36-34-20-18-16-14-12-10-8-6-4-2/h14,16,22-23,25-26,34,36,42,44,54-61,63,65-71H,3-13,15,17-21,24,27-33,35,37-41,43,45-53H2,1-2H3,(H,64,72)/b16-14+,23-22-,26-25-,36-34+,44-42+. The van der Waals surface area contributed by atoms with Gasteiger partial charge in [0.05, 0.1) is 25.4 Å². The summed E-state index contributed by atoms with van der Waals surface area (Å²) in [5, 5.41) is 76.1. The zero-order valence-electron chi connectivity index (χ0n) is 47.3. The number of rotatable bonds is 52. The van der Waals surface area contributed by atoms with Gasteiger partial charge in [-0.1, -0.05) is 229 Å². The van der Waals surface area contributed by atoms with E-state index in [2.05, 4.69) is 79.9 Å². The van der Waals surface area contributed by atoms with Crippen molar-refractivity contribution in [3.63, 3.8) is 0 Å². The van der Waals surface area contributed by atoms with Crippen molar-refractivity contribution in [3.8, 4) is 0 Å². The first kappa shape index (κ1) is 69.8. The van der Waals surface area contributed by atoms with E-state index in [0.717, 1.165) is 51.4 Å². The Hall–Kier alpha value is -2.19. The number of unbranched alkanes of at least 4 members (excludes halogenated alkanes) is 30. The zero-order valence-corrected chi connectivity index (χ0v) is 47.3. The average molecular weight is 1050 g/mol. The Labute approximate surface area is 452 Å². The highest BCUT2D eigenvalue weighted by atomic mass is 16.7. The van der Waals surface area contributed by atoms with E-state index in [1.54, 1.807) is 0 Å². The van der Waals surface area contributed by atoms with Crippen LogP contribution in [0.5, 0.6) is 0 Å². The van der Waals surface area contributed by atoms with Crippen LogP contribution in [0.3, 0.4) is 0 Å². The highest BCUT2D eigenvalue weighted by Crippen LogP contribution is 2.23. The molecule has 1 saturated heterocycles. The summed E-state index contributed by atoms with van der Waals surface area (Å²) in [6, 6.07) is -1.20. The molecule has 0 aromatic rings. The Morgan fingerprint density at radius 2 is 0.851 bits per heavy atom. The molecule has 1 rings (SSSR count). The summed E-state index contributed by atoms with van der Waals surface area (Å²) >= 11 is 0. The highest BCUT2D eigenvalue weighted by molar-refractivity contribution is 5.80. The minimum Gasteiger partial charge on any atom is -0.394 e. The molecular weight excluding hydrogens is 931 g/mol. The second-order valence-corrected chi connectivity index (χ2v) is 21.4. The largest absolute Gasteiger partial charge is 0.394 e. The summed E-state index contributed by atoms with van der Waals surface area (Å²) in [6.45, 7) is 3.43. The molecule has 11 nitrogen and oxygen atoms in total. The van der Waals surface area contributed by atoms with E-state index in [-0.39, 0.29) is 12.8 Å². The van der Waals surface area contributed by atoms with Crippen molar-refractivity contribution in [2.75, 3.05) is 13.2 Å². The fourth-order valence-electron chi connectivity index (χ4n) is 9.50. The molecule has 9 unspecified atom stereocenters. The van der Waals surface area contributed by atoms with E-state index in [1.807, 2.05) is 0 Å². The Kier molecular flexibility index (Phi) is 48.7. The molecule has 1 amide bonds. The van der Waals surface area contributed by atoms with E-state index in [0.29, 0.717) is 19.3 Å². The molecule has 0 bridgehead atoms. The Morgan fingerprint density at radius 3 is 1.30 bits per heavy atom. The SMILES string of the molecule is CCCCCC/C=C/CC/C=C/CC/C=C/CCCC(O)C(O)C(COC1OC(CO)C(O)C(O)C1O)NC(=O)C(O)CCCCCCCCCCCCCCCC/C=C\C/C=C\CCCCCCCCCCC. The van der Waals surface area contributed by atoms with Gasteiger partial charge in [0.1, 0.15) is 36.6 Å². The van der Waals surface area contributed by atoms with Crippen LogP contribution in [-0.4, -0.2) is 110 Å². The predicted molar refractivity (Wildman–Crippen MR) is 307 cm³/mol. The van der Waals surface area contributed by atoms with Crippen LogP contribution >= 0.6 is 0 Å². The van der Waals surface area contributed by atoms with Gasteiger partial charge in [0.15, 0.2) is 6.29 Å². The van der Waals surface area contributed by atoms with E-state index < -0.39 is 74.2 Å². The van der Waals surface area contributed by atoms with Gasteiger partial charge in [-0.15, -0.1) is 0 Å². The van der Waals surface area contributed by atoms with Crippen LogP contribution in [0.1, 0.15) is 264 Å². The van der Waals surface area contributed by atoms with Gasteiger partial charge in [0.25, 0.3) is 0 Å². The number of aliphatic hydroxyl groups is 7. The number of carbonyl (C=O) groups is 1. The average Bonchev–Trinajstić information content (AvgIpc) is 3.40. The molecule has 1 fully saturated rings. The van der Waals surface area contributed by atoms with E-state index >= 15 is 0 Å². The Morgan fingerprint density at radius 1 is 0.473 bits per heavy atom. The maximum atomic E-state index is 13.2. The first-order valence-corrected chi connectivity index (χ1v) is 30.7. The first-order valence-electron chi connectivity index (χ1n) is 30.7. The lowest BCUT2D eigenvalue weighted by atomic mass is 9.98. The number of aliphatic hydroxyl groups excluding tert-OH is 7. The fourth-order valence-corrected chi connectivity index (χ4v) is 9.50. The van der Waals surface area contributed by atoms with Crippen molar-refractivity contribution < 1.29 is 50.0 Å². The molecule has 0 aromatic heterocycles. The van der Waals surface area contributed by atoms with Crippen LogP contribution in [0.4, 0.5) is 0 Å². The van der Waals surface area contributed by atoms with Gasteiger partial charge in [0.2, 0.25) is 5.91 Å². The van der Waals surface area contributed by atoms with Crippen molar-refractivity contribution in [3.05, 3.63) is 60.8 Å². The van der Waals surface area contributed by atoms with Crippen molar-refractivity contribution >= 4 is 5.91 Å². The molecule has 74 heavy (non-hydrogen) atoms. The molecule has 11 heteroatoms. The summed E-state index contributed by atoms with van der Waals surface area (Å²) in [4.78, 5) is 13.2. The van der Waals surface area contributed by atoms with Crippen molar-refractivity contribution in [2.24, 2.45) is 0 Å². The van der Waals surface area contributed by atoms with Gasteiger partial charge in [-0.05, 0) is 96.3 Å². The molecule has 432 valence electrons. The molecule has 1 aliphatic heterocycles. The number of amides is 1. The third-order valence-electron chi connectivity index (χ3n) is 14.5. The number of nitrogens with one attached hydrogen (secondary N) is 1. The van der Waals surface area contributed by atoms with Gasteiger partial charge in [-0.3, -0.25) is 4.79 Å². The lowest BCUT2D eigenvalue weighted by molar-refractivity contribution is -0.303. The lowest BCUT2D eigenvalue weighted by Gasteiger charge is -2.40. The second kappa shape index (κ2) is 51.6. The summed E-state index contributed by atoms with van der Waals surface area (Å²) in [5.74, 6) is -0.713. The van der Waals surface area contributed by atoms with Gasteiger partial charge in [-0.25, -0.2) is 0 Å². The number of hydrogen-bond acceptors (Lipinski definition) is 10. The van der Waals surface area contributed by atoms with Gasteiger partial charge >= 0.3 is 0 Å². The summed E-state index contributed by atoms with van der Waals surface area (Å²) in [6.07, 6.45) is 55.7. The van der Waals surface area contributed by atoms with Crippen molar-refractivity contribution in [2.45, 2.75) is 319 Å². The van der Waals surface area contributed by atoms with E-state index in [4.69, 9.17) is 9.47 Å². The fraction of sp³-hybridized carbons (Fsp3) is 0.825. The minimum atomic E-state index is -1.67. The van der Waals surface area contributed by atoms with Crippen LogP contribution in [0.15, 0.2) is 60.8 Å². The zero-order chi connectivity index (χ0) is 54.0. The van der Waals surface area contributed by atoms with Crippen molar-refractivity contribution in [1.82, 2.24) is 5.32 Å². The molecule has 0 aliphatic carbocycles. The summed E-state index contributed by atoms with van der Waals surface area (Å²) < 4.78 is 11.1. The maximum Gasteiger partial charge on any atom is 0.249 e. The Bertz CT molecular complexity index is 1380. The number of carbonyl (C=O) groups excluding carboxylic acids is 1. The lowest BCUT2D eigenvalue weighted by Crippen LogP contribution is -2.60. The monoisotopic (exact) mass is 1050 g/mol. The smallest absolute Gasteiger partial charge is 0.249 e. The molecule has 1 aliphatic rings. The molecule has 8 N–H and O–H groups in total. The molecule has 0 aromatic carbocycles. The van der Waals surface area contributed by atoms with Crippen molar-refractivity contribution in [1.29, 1.82) is 0 Å². The number of hydrogen-bond donors (Lipinski definition) is 8. The van der Waals surface area contributed by atoms with Crippen LogP contribution in [0, 0.1) is 0 Å². The third-order valence-corrected chi connectivity index (χ3v) is 14.5. The van der Waals surface area contributed by atoms with Crippen LogP contribution in [0.2, 0.25) is 0 Å². The first-order chi connectivity index (χ1) is 36.2. The van der Waals surface area contributed by atoms with Crippen LogP contribution < -0.4 is 5.32 Å². The number of ether oxygens (including phenoxy) is 2. The second-order valence-electron chi connectivity index (χ2n) is 21.4. The Balaban J connectivity index is 2.27. The van der Waals surface area contributed by atoms with Gasteiger partial charge in [0, 0.05) is 0 Å². The third kappa shape index (κ3) is 39.2. The molecular formula is C63H115NO10. The molecule has 0 saturated carbocycles. The van der Waals surface area contributed by atoms with Crippen LogP contribution in [0.25, 0.3) is 0 Å². The summed E-state index contributed by atoms with van der Waals surface area (Å²) in [7, 11) is 0. The molecule has 0 spiro atoms. The molecule has 1 heterocycles. The minimum absolute atomic E-state index is 0.239. The number of allylic oxidation sites excluding steroid dienone is 10. The topological polar surface area (TPSA) is 189 Å². The van der Waals surface area contributed by atoms with E-state index in [1.165, 1.54) is 167 Å². The van der Waals surface area contributed by atoms with E-state index in [9.17, 15) is 40.5 Å². The normalized spacial score (nSPS) is 20.3. The quantitative estimate of drug-likeness (QED) is 0.0215. The molecule has 9 atom stereocenters. The highest BCUT2D eigenvalue weighted by Gasteiger charge is 2.44.